The number of likely N-dealkylation sites (N-methyl/N-ethyl adjacent to an activating group) is 1. The summed E-state index contributed by atoms with van der Waals surface area (Å²) in [5, 5.41) is 50.6. The number of aromatic nitrogens is 11. The normalized spacial score (nSPS) is 18.6. The smallest absolute Gasteiger partial charge is 0.416 e. The summed E-state index contributed by atoms with van der Waals surface area (Å²) < 4.78 is 120. The molecule has 0 spiro atoms. The molecule has 0 radical (unpaired) electrons. The van der Waals surface area contributed by atoms with Crippen LogP contribution in [0.25, 0.3) is 66.0 Å². The Hall–Kier alpha value is -8.41. The summed E-state index contributed by atoms with van der Waals surface area (Å²) in [5.41, 5.74) is 9.96. The topological polar surface area (TPSA) is 341 Å². The predicted octanol–water partition coefficient (Wildman–Crippen LogP) is 11.2. The number of carbonyl (C=O) groups excluding carboxylic acids is 1. The zero-order valence-corrected chi connectivity index (χ0v) is 63.5. The molecule has 1 amide bonds. The number of sulfonamides is 3. The summed E-state index contributed by atoms with van der Waals surface area (Å²) in [7, 11) is -7.68. The number of piperidine rings is 1. The van der Waals surface area contributed by atoms with Crippen molar-refractivity contribution in [2.24, 2.45) is 0 Å². The van der Waals surface area contributed by atoms with Crippen molar-refractivity contribution in [1.82, 2.24) is 79.5 Å². The molecule has 15 rings (SSSR count). The van der Waals surface area contributed by atoms with Crippen LogP contribution in [0, 0.1) is 0 Å². The third-order valence-corrected chi connectivity index (χ3v) is 24.0. The summed E-state index contributed by atoms with van der Waals surface area (Å²) in [4.78, 5) is 19.7. The van der Waals surface area contributed by atoms with E-state index >= 15 is 0 Å². The number of halogens is 5. The Labute approximate surface area is 617 Å². The number of nitrogens with one attached hydrogen (secondary N) is 8. The summed E-state index contributed by atoms with van der Waals surface area (Å²) >= 11 is 12.2. The first-order chi connectivity index (χ1) is 49.8. The molecule has 4 fully saturated rings. The zero-order chi connectivity index (χ0) is 75.2. The fourth-order valence-electron chi connectivity index (χ4n) is 14.4. The van der Waals surface area contributed by atoms with Crippen LogP contribution in [0.4, 0.5) is 30.2 Å². The Morgan fingerprint density at radius 1 is 0.590 bits per heavy atom. The van der Waals surface area contributed by atoms with Crippen LogP contribution in [0.5, 0.6) is 0 Å². The number of rotatable bonds is 14. The first kappa shape index (κ1) is 77.7. The summed E-state index contributed by atoms with van der Waals surface area (Å²) in [6.45, 7) is 14.1. The molecular weight excluding hydrogens is 1460 g/mol. The lowest BCUT2D eigenvalue weighted by atomic mass is 9.79. The standard InChI is InChI=1S/C16H20F3N3O2S.C15H18ClN3O.C15H17N5O3S.C14H20N4O2S.C10H13ClN4/c1-15(2)8-10(4-5-22(15)25(3,23)24)12-6-11(16(17,18)19)7-14-13(12)9-20-21-14;1-9(20)18-12-4-2-10(3-5-12)13-6-11(16)7-15-14(13)8-17-19-15;1-24(21,22)20-5-3-19(4-6-20)14-9-11(15-16-2-7-23-15)8-13-12(14)10-17-18-13;1-3-11-8-13-12(10-15-16-13)14(9-11)17-4-6-18(7-5-17)21(2,19)20;1-12-2-3-13-9-4-7(11)5-10-8(9)6-14-15-10/h6-7,9-10H,4-5,8H2,1-3H3,(H,20,21);6-8,10,12H,2-5H2,1H3,(H,17,19)(H,18,20);2,7-10H,3-6H2,1H3,(H,17,18);8-10H,3-7H2,1-2H3,(H,15,16);4-6,12-13H,2-3H2,1H3,(H,14,15). The van der Waals surface area contributed by atoms with Gasteiger partial charge in [0.05, 0.1) is 89.1 Å². The molecule has 1 unspecified atom stereocenters. The maximum absolute atomic E-state index is 13.2. The first-order valence-electron chi connectivity index (χ1n) is 34.5. The molecule has 3 aliphatic heterocycles. The van der Waals surface area contributed by atoms with E-state index in [1.165, 1.54) is 50.8 Å². The summed E-state index contributed by atoms with van der Waals surface area (Å²) in [6.07, 6.45) is 17.3. The molecule has 1 aliphatic carbocycles. The highest BCUT2D eigenvalue weighted by atomic mass is 35.5. The molecule has 105 heavy (non-hydrogen) atoms. The lowest BCUT2D eigenvalue weighted by Gasteiger charge is -2.44. The van der Waals surface area contributed by atoms with Crippen LogP contribution >= 0.6 is 23.2 Å². The van der Waals surface area contributed by atoms with Crippen molar-refractivity contribution in [3.8, 4) is 11.5 Å². The van der Waals surface area contributed by atoms with Crippen LogP contribution in [0.15, 0.2) is 109 Å². The average Bonchev–Trinajstić information content (AvgIpc) is 1.67. The minimum atomic E-state index is -4.45. The van der Waals surface area contributed by atoms with Gasteiger partial charge in [-0.3, -0.25) is 30.3 Å². The van der Waals surface area contributed by atoms with Crippen molar-refractivity contribution in [2.75, 3.05) is 113 Å². The highest BCUT2D eigenvalue weighted by Crippen LogP contribution is 2.44. The van der Waals surface area contributed by atoms with Crippen molar-refractivity contribution < 1.29 is 47.6 Å². The van der Waals surface area contributed by atoms with Gasteiger partial charge in [-0.1, -0.05) is 30.1 Å². The number of piperazine rings is 2. The van der Waals surface area contributed by atoms with Gasteiger partial charge in [0.1, 0.15) is 6.26 Å². The monoisotopic (exact) mass is 1550 g/mol. The van der Waals surface area contributed by atoms with E-state index in [1.807, 2.05) is 49.8 Å². The Bertz CT molecular complexity index is 5160. The number of hydrogen-bond donors (Lipinski definition) is 8. The second-order valence-electron chi connectivity index (χ2n) is 27.4. The highest BCUT2D eigenvalue weighted by molar-refractivity contribution is 7.88. The highest BCUT2D eigenvalue weighted by Gasteiger charge is 2.42. The molecule has 11 aromatic rings. The van der Waals surface area contributed by atoms with Crippen LogP contribution in [0.1, 0.15) is 100 Å². The van der Waals surface area contributed by atoms with E-state index in [4.69, 9.17) is 27.6 Å². The quantitative estimate of drug-likeness (QED) is 0.0469. The molecule has 564 valence electrons. The molecule has 1 atom stereocenters. The third-order valence-electron chi connectivity index (χ3n) is 19.5. The Kier molecular flexibility index (Phi) is 24.2. The van der Waals surface area contributed by atoms with Crippen LogP contribution < -0.4 is 25.8 Å². The Morgan fingerprint density at radius 2 is 1.09 bits per heavy atom. The minimum absolute atomic E-state index is 0.0634. The number of fused-ring (bicyclic) bond motifs is 5. The van der Waals surface area contributed by atoms with Gasteiger partial charge in [-0.25, -0.2) is 30.2 Å². The molecular formula is C70H88Cl2F3N19O8S3. The molecule has 8 N–H and O–H groups in total. The number of anilines is 3. The molecule has 1 saturated carbocycles. The van der Waals surface area contributed by atoms with Gasteiger partial charge >= 0.3 is 6.18 Å². The number of aromatic amines is 5. The van der Waals surface area contributed by atoms with Gasteiger partial charge in [-0.2, -0.15) is 51.6 Å². The van der Waals surface area contributed by atoms with E-state index in [9.17, 15) is 43.2 Å². The molecule has 6 aromatic heterocycles. The number of oxazole rings is 1. The van der Waals surface area contributed by atoms with Crippen LogP contribution in [-0.2, 0) is 47.5 Å². The fraction of sp³-hybridized carbons (Fsp3) is 0.443. The third kappa shape index (κ3) is 19.1. The van der Waals surface area contributed by atoms with Crippen LogP contribution in [0.3, 0.4) is 0 Å². The van der Waals surface area contributed by atoms with Crippen LogP contribution in [-0.4, -0.2) is 209 Å². The first-order valence-corrected chi connectivity index (χ1v) is 40.8. The lowest BCUT2D eigenvalue weighted by Crippen LogP contribution is -2.51. The number of aryl methyl sites for hydroxylation is 1. The van der Waals surface area contributed by atoms with Gasteiger partial charge in [-0.15, -0.1) is 0 Å². The van der Waals surface area contributed by atoms with E-state index < -0.39 is 47.3 Å². The van der Waals surface area contributed by atoms with Crippen LogP contribution in [0.2, 0.25) is 10.0 Å². The van der Waals surface area contributed by atoms with Crippen molar-refractivity contribution in [1.29, 1.82) is 0 Å². The van der Waals surface area contributed by atoms with Crippen molar-refractivity contribution in [3.63, 3.8) is 0 Å². The van der Waals surface area contributed by atoms with Crippen molar-refractivity contribution in [2.45, 2.75) is 102 Å². The molecule has 9 heterocycles. The number of carbonyl (C=O) groups is 1. The Balaban J connectivity index is 0.000000132. The average molecular weight is 1550 g/mol. The number of alkyl halides is 3. The largest absolute Gasteiger partial charge is 0.445 e. The second kappa shape index (κ2) is 32.8. The van der Waals surface area contributed by atoms with E-state index in [2.05, 4.69) is 107 Å². The number of amides is 1. The van der Waals surface area contributed by atoms with Crippen molar-refractivity contribution >= 4 is 131 Å². The SMILES string of the molecule is CC(=O)NC1CCC(c2cc(Cl)cc3[nH]ncc23)CC1.CC1(C)CC(c2cc(C(F)(F)F)cc3[nH]ncc23)CCN1S(C)(=O)=O.CCc1cc(N2CCN(S(C)(=O)=O)CC2)c2cn[nH]c2c1.CNCCNc1cc(Cl)cc2[nH]ncc12.CS(=O)(=O)N1CCN(c2cc(-c3ncco3)cc3[nH]ncc23)CC1. The van der Waals surface area contributed by atoms with Gasteiger partial charge < -0.3 is 30.2 Å². The Morgan fingerprint density at radius 3 is 1.58 bits per heavy atom. The van der Waals surface area contributed by atoms with Gasteiger partial charge in [0.15, 0.2) is 0 Å². The van der Waals surface area contributed by atoms with E-state index in [0.29, 0.717) is 105 Å². The number of benzene rings is 5. The number of H-pyrrole nitrogens is 5. The van der Waals surface area contributed by atoms with Gasteiger partial charge in [-0.05, 0) is 155 Å². The zero-order valence-electron chi connectivity index (χ0n) is 59.6. The number of nitrogens with zero attached hydrogens (tertiary/aromatic N) is 11. The maximum Gasteiger partial charge on any atom is 0.416 e. The van der Waals surface area contributed by atoms with E-state index in [0.717, 1.165) is 129 Å². The van der Waals surface area contributed by atoms with Gasteiger partial charge in [0.2, 0.25) is 41.9 Å². The summed E-state index contributed by atoms with van der Waals surface area (Å²) in [5.74, 6) is 0.935. The fourth-order valence-corrected chi connectivity index (χ4v) is 17.9. The molecule has 27 nitrogen and oxygen atoms in total. The molecule has 0 bridgehead atoms. The lowest BCUT2D eigenvalue weighted by molar-refractivity contribution is -0.137. The van der Waals surface area contributed by atoms with E-state index in [-0.39, 0.29) is 18.4 Å². The number of hydrogen-bond acceptors (Lipinski definition) is 18. The van der Waals surface area contributed by atoms with Crippen molar-refractivity contribution in [3.05, 3.63) is 136 Å². The predicted molar refractivity (Wildman–Crippen MR) is 406 cm³/mol. The molecule has 5 aromatic carbocycles. The molecule has 35 heteroatoms. The molecule has 3 saturated heterocycles. The van der Waals surface area contributed by atoms with E-state index in [1.54, 1.807) is 43.7 Å². The van der Waals surface area contributed by atoms with Gasteiger partial charge in [0.25, 0.3) is 0 Å². The minimum Gasteiger partial charge on any atom is -0.445 e. The second-order valence-corrected chi connectivity index (χ2v) is 34.1. The molecule has 4 aliphatic rings. The maximum atomic E-state index is 13.2. The van der Waals surface area contributed by atoms with Gasteiger partial charge in [0, 0.05) is 150 Å². The summed E-state index contributed by atoms with van der Waals surface area (Å²) in [6, 6.07) is 18.6.